The highest BCUT2D eigenvalue weighted by atomic mass is 32.2. The summed E-state index contributed by atoms with van der Waals surface area (Å²) in [4.78, 5) is 29.1. The summed E-state index contributed by atoms with van der Waals surface area (Å²) >= 11 is 1.96. The summed E-state index contributed by atoms with van der Waals surface area (Å²) in [5.41, 5.74) is 0. The molecule has 0 aromatic heterocycles. The zero-order chi connectivity index (χ0) is 16.2. The van der Waals surface area contributed by atoms with Gasteiger partial charge in [-0.15, -0.1) is 0 Å². The van der Waals surface area contributed by atoms with E-state index in [2.05, 4.69) is 17.1 Å². The van der Waals surface area contributed by atoms with Crippen LogP contribution in [-0.2, 0) is 9.59 Å². The first-order chi connectivity index (χ1) is 11.2. The lowest BCUT2D eigenvalue weighted by Gasteiger charge is -2.28. The van der Waals surface area contributed by atoms with E-state index in [0.29, 0.717) is 25.0 Å². The number of carbonyl (C=O) groups is 2. The molecule has 1 N–H and O–H groups in total. The van der Waals surface area contributed by atoms with Gasteiger partial charge in [-0.25, -0.2) is 0 Å². The largest absolute Gasteiger partial charge is 0.353 e. The molecule has 2 amide bonds. The quantitative estimate of drug-likeness (QED) is 0.821. The fourth-order valence-electron chi connectivity index (χ4n) is 4.06. The molecule has 3 heterocycles. The Labute approximate surface area is 143 Å². The van der Waals surface area contributed by atoms with Crippen LogP contribution in [0.3, 0.4) is 0 Å². The first-order valence-electron chi connectivity index (χ1n) is 9.07. The Bertz CT molecular complexity index is 440. The number of hydrogen-bond acceptors (Lipinski definition) is 4. The number of likely N-dealkylation sites (tertiary alicyclic amines) is 2. The zero-order valence-corrected chi connectivity index (χ0v) is 14.9. The Morgan fingerprint density at radius 2 is 2.09 bits per heavy atom. The minimum absolute atomic E-state index is 0.0940. The molecule has 0 bridgehead atoms. The molecule has 3 fully saturated rings. The number of amides is 2. The van der Waals surface area contributed by atoms with Crippen LogP contribution in [0.2, 0.25) is 0 Å². The van der Waals surface area contributed by atoms with Gasteiger partial charge in [-0.1, -0.05) is 6.92 Å². The summed E-state index contributed by atoms with van der Waals surface area (Å²) in [5, 5.41) is 3.17. The smallest absolute Gasteiger partial charge is 0.225 e. The predicted molar refractivity (Wildman–Crippen MR) is 93.4 cm³/mol. The van der Waals surface area contributed by atoms with Gasteiger partial charge in [0.2, 0.25) is 11.8 Å². The monoisotopic (exact) mass is 339 g/mol. The SMILES string of the molecule is CCN1CCC[C@@H]1CN1C[C@H](C(=O)NC2CCSCC2)CC1=O. The van der Waals surface area contributed by atoms with E-state index >= 15 is 0 Å². The summed E-state index contributed by atoms with van der Waals surface area (Å²) in [6, 6.07) is 0.805. The Balaban J connectivity index is 1.49. The number of rotatable bonds is 5. The highest BCUT2D eigenvalue weighted by molar-refractivity contribution is 7.99. The van der Waals surface area contributed by atoms with E-state index in [9.17, 15) is 9.59 Å². The molecule has 0 radical (unpaired) electrons. The minimum atomic E-state index is -0.145. The molecule has 2 atom stereocenters. The molecule has 0 unspecified atom stereocenters. The molecule has 3 aliphatic heterocycles. The summed E-state index contributed by atoms with van der Waals surface area (Å²) in [7, 11) is 0. The van der Waals surface area contributed by atoms with Gasteiger partial charge in [0.15, 0.2) is 0 Å². The third kappa shape index (κ3) is 4.21. The summed E-state index contributed by atoms with van der Waals surface area (Å²) in [5.74, 6) is 2.38. The lowest BCUT2D eigenvalue weighted by Crippen LogP contribution is -2.43. The van der Waals surface area contributed by atoms with E-state index < -0.39 is 0 Å². The van der Waals surface area contributed by atoms with Crippen LogP contribution in [0.1, 0.15) is 39.0 Å². The van der Waals surface area contributed by atoms with Crippen LogP contribution in [0.15, 0.2) is 0 Å². The zero-order valence-electron chi connectivity index (χ0n) is 14.1. The molecule has 0 aromatic rings. The first kappa shape index (κ1) is 17.1. The van der Waals surface area contributed by atoms with Gasteiger partial charge in [0.1, 0.15) is 0 Å². The van der Waals surface area contributed by atoms with E-state index in [1.54, 1.807) is 0 Å². The van der Waals surface area contributed by atoms with E-state index in [4.69, 9.17) is 0 Å². The summed E-state index contributed by atoms with van der Waals surface area (Å²) in [6.07, 6.45) is 4.92. The Kier molecular flexibility index (Phi) is 5.85. The predicted octanol–water partition coefficient (Wildman–Crippen LogP) is 1.33. The second-order valence-electron chi connectivity index (χ2n) is 7.02. The first-order valence-corrected chi connectivity index (χ1v) is 10.2. The van der Waals surface area contributed by atoms with Gasteiger partial charge >= 0.3 is 0 Å². The molecule has 0 aromatic carbocycles. The number of thioether (sulfide) groups is 1. The Morgan fingerprint density at radius 1 is 1.30 bits per heavy atom. The van der Waals surface area contributed by atoms with Crippen molar-refractivity contribution in [3.8, 4) is 0 Å². The lowest BCUT2D eigenvalue weighted by atomic mass is 10.1. The second kappa shape index (κ2) is 7.88. The van der Waals surface area contributed by atoms with Crippen molar-refractivity contribution < 1.29 is 9.59 Å². The van der Waals surface area contributed by atoms with E-state index in [1.807, 2.05) is 16.7 Å². The van der Waals surface area contributed by atoms with Crippen LogP contribution in [0.5, 0.6) is 0 Å². The van der Waals surface area contributed by atoms with Crippen LogP contribution in [0.25, 0.3) is 0 Å². The van der Waals surface area contributed by atoms with E-state index in [0.717, 1.165) is 44.0 Å². The maximum absolute atomic E-state index is 12.5. The molecule has 0 saturated carbocycles. The van der Waals surface area contributed by atoms with Crippen molar-refractivity contribution in [1.82, 2.24) is 15.1 Å². The van der Waals surface area contributed by atoms with Crippen LogP contribution in [0, 0.1) is 5.92 Å². The highest BCUT2D eigenvalue weighted by Gasteiger charge is 2.37. The molecular formula is C17H29N3O2S. The fraction of sp³-hybridized carbons (Fsp3) is 0.882. The number of nitrogens with zero attached hydrogens (tertiary/aromatic N) is 2. The Morgan fingerprint density at radius 3 is 2.83 bits per heavy atom. The second-order valence-corrected chi connectivity index (χ2v) is 8.24. The van der Waals surface area contributed by atoms with Gasteiger partial charge in [-0.3, -0.25) is 14.5 Å². The summed E-state index contributed by atoms with van der Waals surface area (Å²) in [6.45, 7) is 5.79. The van der Waals surface area contributed by atoms with Gasteiger partial charge in [0.25, 0.3) is 0 Å². The van der Waals surface area contributed by atoms with Crippen molar-refractivity contribution in [1.29, 1.82) is 0 Å². The molecule has 6 heteroatoms. The van der Waals surface area contributed by atoms with Crippen molar-refractivity contribution in [2.24, 2.45) is 5.92 Å². The summed E-state index contributed by atoms with van der Waals surface area (Å²) < 4.78 is 0. The molecule has 0 spiro atoms. The van der Waals surface area contributed by atoms with Crippen LogP contribution >= 0.6 is 11.8 Å². The molecule has 130 valence electrons. The lowest BCUT2D eigenvalue weighted by molar-refractivity contribution is -0.129. The van der Waals surface area contributed by atoms with Crippen molar-refractivity contribution in [3.63, 3.8) is 0 Å². The van der Waals surface area contributed by atoms with E-state index in [1.165, 1.54) is 12.8 Å². The van der Waals surface area contributed by atoms with Crippen molar-refractivity contribution >= 4 is 23.6 Å². The topological polar surface area (TPSA) is 52.6 Å². The molecule has 0 aliphatic carbocycles. The maximum atomic E-state index is 12.5. The van der Waals surface area contributed by atoms with E-state index in [-0.39, 0.29) is 17.7 Å². The molecule has 23 heavy (non-hydrogen) atoms. The van der Waals surface area contributed by atoms with Crippen molar-refractivity contribution in [2.45, 2.75) is 51.1 Å². The van der Waals surface area contributed by atoms with Crippen LogP contribution in [-0.4, -0.2) is 71.4 Å². The maximum Gasteiger partial charge on any atom is 0.225 e. The molecular weight excluding hydrogens is 310 g/mol. The normalized spacial score (nSPS) is 30.1. The van der Waals surface area contributed by atoms with Gasteiger partial charge < -0.3 is 10.2 Å². The Hall–Kier alpha value is -0.750. The van der Waals surface area contributed by atoms with Crippen molar-refractivity contribution in [3.05, 3.63) is 0 Å². The third-order valence-electron chi connectivity index (χ3n) is 5.49. The third-order valence-corrected chi connectivity index (χ3v) is 6.54. The van der Waals surface area contributed by atoms with Gasteiger partial charge in [0, 0.05) is 31.6 Å². The standard InChI is InChI=1S/C17H29N3O2S/c1-2-19-7-3-4-15(19)12-20-11-13(10-16(20)21)17(22)18-14-5-8-23-9-6-14/h13-15H,2-12H2,1H3,(H,18,22)/t13-,15-/m1/s1. The van der Waals surface area contributed by atoms with Crippen molar-refractivity contribution in [2.75, 3.05) is 37.7 Å². The molecule has 3 saturated heterocycles. The fourth-order valence-corrected chi connectivity index (χ4v) is 5.16. The average Bonchev–Trinajstić information content (AvgIpc) is 3.15. The van der Waals surface area contributed by atoms with Gasteiger partial charge in [0.05, 0.1) is 5.92 Å². The van der Waals surface area contributed by atoms with Crippen LogP contribution < -0.4 is 5.32 Å². The minimum Gasteiger partial charge on any atom is -0.353 e. The molecule has 5 nitrogen and oxygen atoms in total. The highest BCUT2D eigenvalue weighted by Crippen LogP contribution is 2.24. The number of likely N-dealkylation sites (N-methyl/N-ethyl adjacent to an activating group) is 1. The number of hydrogen-bond donors (Lipinski definition) is 1. The number of nitrogens with one attached hydrogen (secondary N) is 1. The average molecular weight is 340 g/mol. The molecule has 3 aliphatic rings. The number of carbonyl (C=O) groups excluding carboxylic acids is 2. The molecule has 3 rings (SSSR count). The van der Waals surface area contributed by atoms with Crippen LogP contribution in [0.4, 0.5) is 0 Å². The van der Waals surface area contributed by atoms with Gasteiger partial charge in [-0.2, -0.15) is 11.8 Å². The van der Waals surface area contributed by atoms with Gasteiger partial charge in [-0.05, 0) is 50.3 Å².